The van der Waals surface area contributed by atoms with Crippen LogP contribution in [0, 0.1) is 41.4 Å². The number of morpholine rings is 1. The fourth-order valence-electron chi connectivity index (χ4n) is 12.2. The zero-order valence-corrected chi connectivity index (χ0v) is 61.9. The van der Waals surface area contributed by atoms with Crippen molar-refractivity contribution < 1.29 is 57.5 Å². The van der Waals surface area contributed by atoms with E-state index in [1.54, 1.807) is 48.5 Å². The normalized spacial score (nSPS) is 27.3. The fourth-order valence-corrected chi connectivity index (χ4v) is 13.3. The number of hydrogen-bond acceptors (Lipinski definition) is 14. The molecule has 0 saturated carbocycles. The number of nitrogens with one attached hydrogen (secondary N) is 4. The van der Waals surface area contributed by atoms with Crippen LogP contribution in [0.2, 0.25) is 0 Å². The number of likely N-dealkylation sites (N-methyl/N-ethyl adjacent to an activating group) is 7. The van der Waals surface area contributed by atoms with Crippen LogP contribution in [0.3, 0.4) is 0 Å². The summed E-state index contributed by atoms with van der Waals surface area (Å²) >= 11 is 1.23. The lowest BCUT2D eigenvalue weighted by molar-refractivity contribution is -0.156. The van der Waals surface area contributed by atoms with Crippen molar-refractivity contribution in [3.8, 4) is 0 Å². The molecule has 0 spiro atoms. The summed E-state index contributed by atoms with van der Waals surface area (Å²) in [6.07, 6.45) is 5.85. The van der Waals surface area contributed by atoms with E-state index in [4.69, 9.17) is 4.74 Å². The number of carbonyl (C=O) groups is 11. The second kappa shape index (κ2) is 39.3. The Kier molecular flexibility index (Phi) is 35.2. The van der Waals surface area contributed by atoms with Gasteiger partial charge in [0.25, 0.3) is 5.91 Å². The van der Waals surface area contributed by atoms with Crippen LogP contribution in [-0.4, -0.2) is 258 Å². The molecule has 2 heterocycles. The molecule has 4 unspecified atom stereocenters. The molecule has 0 bridgehead atoms. The lowest BCUT2D eigenvalue weighted by Gasteiger charge is -2.41. The molecule has 25 heteroatoms. The largest absolute Gasteiger partial charge is 0.379 e. The minimum atomic E-state index is -1.22. The number of allylic oxidation sites excluding steroid dienone is 2. The third-order valence-electron chi connectivity index (χ3n) is 17.9. The summed E-state index contributed by atoms with van der Waals surface area (Å²) in [5.74, 6) is -8.40. The van der Waals surface area contributed by atoms with Gasteiger partial charge in [0.1, 0.15) is 60.4 Å². The highest BCUT2D eigenvalue weighted by molar-refractivity contribution is 8.00. The molecule has 0 aromatic carbocycles. The fraction of sp³-hybridized carbons (Fsp3) is 0.809. The number of ether oxygens (including phenoxy) is 1. The number of thioether (sulfide) groups is 1. The molecule has 0 radical (unpaired) electrons. The van der Waals surface area contributed by atoms with Crippen molar-refractivity contribution in [2.45, 2.75) is 228 Å². The predicted molar refractivity (Wildman–Crippen MR) is 366 cm³/mol. The average molecular weight is 1330 g/mol. The Labute approximate surface area is 562 Å². The second-order valence-corrected chi connectivity index (χ2v) is 29.5. The van der Waals surface area contributed by atoms with Crippen molar-refractivity contribution in [3.05, 3.63) is 12.2 Å². The van der Waals surface area contributed by atoms with E-state index in [9.17, 15) is 24.0 Å². The summed E-state index contributed by atoms with van der Waals surface area (Å²) in [5, 5.41) is 10.1. The molecule has 2 rings (SSSR count). The summed E-state index contributed by atoms with van der Waals surface area (Å²) in [6, 6.07) is -11.7. The van der Waals surface area contributed by atoms with Gasteiger partial charge in [-0.2, -0.15) is 0 Å². The first-order valence-electron chi connectivity index (χ1n) is 33.9. The highest BCUT2D eigenvalue weighted by Gasteiger charge is 2.45. The average Bonchev–Trinajstić information content (AvgIpc) is 0.843. The summed E-state index contributed by atoms with van der Waals surface area (Å²) in [7, 11) is 10.4. The number of amides is 11. The van der Waals surface area contributed by atoms with Gasteiger partial charge in [-0.3, -0.25) is 57.6 Å². The van der Waals surface area contributed by atoms with Crippen LogP contribution in [-0.2, 0) is 57.5 Å². The Hall–Kier alpha value is -5.82. The van der Waals surface area contributed by atoms with Gasteiger partial charge in [0.15, 0.2) is 5.37 Å². The summed E-state index contributed by atoms with van der Waals surface area (Å²) < 4.78 is 5.56. The van der Waals surface area contributed by atoms with Crippen molar-refractivity contribution in [1.29, 1.82) is 0 Å². The van der Waals surface area contributed by atoms with E-state index in [0.29, 0.717) is 38.4 Å². The number of carbonyl (C=O) groups excluding carboxylic acids is 11. The van der Waals surface area contributed by atoms with Crippen LogP contribution in [0.15, 0.2) is 12.2 Å². The smallest absolute Gasteiger partial charge is 0.256 e. The first-order chi connectivity index (χ1) is 43.3. The standard InChI is InChI=1S/C68H122N12O12S/c1-25-27-29-46(15)39-51-59(83)71-49(26-2)62(86)79(24)68(93-35-28-30-80-31-33-92-34-32-80)67(91)77(22)55(44(11)12)60(84)72-54(43(9)10)65(89)73(18)50(36-40(3)4)58(82)69-47(16)57(81)70-48(17)61(85)75(20)52(37-41(5)6)63(87)76(21)53(38-42(7)8)64(88)78(23)56(45(13)14)66(90)74(51)19/h25,27,40-56,68H,26,28-39H2,1-24H3,(H,69,82)(H,70,81)(H,71,83)(H,72,84)/b27-25+/t46-,47?,48-,49?,50+,51?,52-,53-,54?,55+,56+,68-/m1/s1. The lowest BCUT2D eigenvalue weighted by Crippen LogP contribution is -2.62. The zero-order valence-electron chi connectivity index (χ0n) is 61.1. The lowest BCUT2D eigenvalue weighted by atomic mass is 9.93. The first kappa shape index (κ1) is 83.3. The van der Waals surface area contributed by atoms with Crippen LogP contribution in [0.25, 0.3) is 0 Å². The van der Waals surface area contributed by atoms with Gasteiger partial charge in [0.2, 0.25) is 59.1 Å². The van der Waals surface area contributed by atoms with Gasteiger partial charge in [-0.25, -0.2) is 0 Å². The summed E-state index contributed by atoms with van der Waals surface area (Å²) in [5.41, 5.74) is 0. The third-order valence-corrected chi connectivity index (χ3v) is 19.2. The van der Waals surface area contributed by atoms with Crippen LogP contribution >= 0.6 is 11.8 Å². The van der Waals surface area contributed by atoms with E-state index in [-0.39, 0.29) is 55.8 Å². The monoisotopic (exact) mass is 1330 g/mol. The molecule has 532 valence electrons. The van der Waals surface area contributed by atoms with Crippen LogP contribution in [0.5, 0.6) is 0 Å². The molecule has 2 saturated heterocycles. The number of nitrogens with zero attached hydrogens (tertiary/aromatic N) is 8. The van der Waals surface area contributed by atoms with Crippen LogP contribution in [0.4, 0.5) is 0 Å². The van der Waals surface area contributed by atoms with E-state index in [1.165, 1.54) is 109 Å². The maximum absolute atomic E-state index is 15.3. The Morgan fingerprint density at radius 3 is 1.42 bits per heavy atom. The van der Waals surface area contributed by atoms with Gasteiger partial charge in [-0.15, -0.1) is 11.8 Å². The van der Waals surface area contributed by atoms with E-state index in [0.717, 1.165) is 13.1 Å². The molecular formula is C68H122N12O12S. The van der Waals surface area contributed by atoms with Crippen molar-refractivity contribution in [3.63, 3.8) is 0 Å². The maximum Gasteiger partial charge on any atom is 0.256 e. The molecule has 0 aliphatic carbocycles. The van der Waals surface area contributed by atoms with E-state index < -0.39 is 149 Å². The van der Waals surface area contributed by atoms with Gasteiger partial charge in [0, 0.05) is 62.4 Å². The molecule has 2 aliphatic rings. The molecule has 12 atom stereocenters. The van der Waals surface area contributed by atoms with Crippen molar-refractivity contribution in [2.24, 2.45) is 41.4 Å². The number of hydrogen-bond donors (Lipinski definition) is 4. The molecule has 0 aromatic rings. The second-order valence-electron chi connectivity index (χ2n) is 28.3. The molecule has 2 aliphatic heterocycles. The molecular weight excluding hydrogens is 1210 g/mol. The number of rotatable bonds is 19. The maximum atomic E-state index is 15.3. The summed E-state index contributed by atoms with van der Waals surface area (Å²) in [4.78, 5) is 175. The minimum absolute atomic E-state index is 0.0893. The van der Waals surface area contributed by atoms with Gasteiger partial charge in [0.05, 0.1) is 13.2 Å². The zero-order chi connectivity index (χ0) is 71.2. The molecule has 0 aromatic heterocycles. The Morgan fingerprint density at radius 1 is 0.473 bits per heavy atom. The molecule has 93 heavy (non-hydrogen) atoms. The van der Waals surface area contributed by atoms with Gasteiger partial charge in [-0.1, -0.05) is 109 Å². The highest BCUT2D eigenvalue weighted by atomic mass is 32.2. The Bertz CT molecular complexity index is 2530. The third kappa shape index (κ3) is 24.1. The molecule has 11 amide bonds. The SMILES string of the molecule is C/C=C/C[C@@H](C)CC1C(=O)NC(CC)C(=O)N(C)[C@H](SCCCN2CCOCC2)C(=O)N(C)[C@@H](C(C)C)C(=O)NC(C(C)C)C(=O)N(C)[C@@H](CC(C)C)C(=O)NC(C)C(=O)N[C@H](C)C(=O)N(C)[C@H](CC(C)C)C(=O)N(C)[C@H](CC(C)C)C(=O)N(C)[C@@H](C(C)C)C(=O)N1C. The summed E-state index contributed by atoms with van der Waals surface area (Å²) in [6.45, 7) is 33.9. The first-order valence-corrected chi connectivity index (χ1v) is 34.9. The highest BCUT2D eigenvalue weighted by Crippen LogP contribution is 2.27. The van der Waals surface area contributed by atoms with Crippen molar-refractivity contribution >= 4 is 76.7 Å². The molecule has 2 fully saturated rings. The van der Waals surface area contributed by atoms with E-state index in [2.05, 4.69) is 26.2 Å². The Balaban J connectivity index is 3.04. The quantitative estimate of drug-likeness (QED) is 0.101. The van der Waals surface area contributed by atoms with Gasteiger partial charge in [-0.05, 0) is 119 Å². The Morgan fingerprint density at radius 2 is 0.925 bits per heavy atom. The van der Waals surface area contributed by atoms with Crippen LogP contribution in [0.1, 0.15) is 163 Å². The van der Waals surface area contributed by atoms with Crippen LogP contribution < -0.4 is 21.3 Å². The van der Waals surface area contributed by atoms with Gasteiger partial charge < -0.3 is 60.3 Å². The topological polar surface area (TPSA) is 271 Å². The van der Waals surface area contributed by atoms with E-state index in [1.807, 2.05) is 67.5 Å². The van der Waals surface area contributed by atoms with Gasteiger partial charge >= 0.3 is 0 Å². The predicted octanol–water partition coefficient (Wildman–Crippen LogP) is 4.69. The van der Waals surface area contributed by atoms with E-state index >= 15 is 28.8 Å². The van der Waals surface area contributed by atoms with Crippen molar-refractivity contribution in [2.75, 3.05) is 87.9 Å². The minimum Gasteiger partial charge on any atom is -0.379 e. The molecule has 24 nitrogen and oxygen atoms in total. The molecule has 4 N–H and O–H groups in total. The van der Waals surface area contributed by atoms with Crippen molar-refractivity contribution in [1.82, 2.24) is 60.5 Å².